The van der Waals surface area contributed by atoms with Gasteiger partial charge in [0.2, 0.25) is 0 Å². The monoisotopic (exact) mass is 371 g/mol. The van der Waals surface area contributed by atoms with Gasteiger partial charge in [0.15, 0.2) is 6.61 Å². The highest BCUT2D eigenvalue weighted by Crippen LogP contribution is 2.42. The lowest BCUT2D eigenvalue weighted by molar-refractivity contribution is -0.139. The molecule has 1 heterocycles. The number of benzene rings is 1. The Morgan fingerprint density at radius 3 is 2.85 bits per heavy atom. The van der Waals surface area contributed by atoms with Crippen molar-refractivity contribution in [2.45, 2.75) is 51.6 Å². The number of carboxylic acids is 1. The number of nitrogens with zero attached hydrogens (tertiary/aromatic N) is 2. The van der Waals surface area contributed by atoms with E-state index in [1.165, 1.54) is 0 Å². The smallest absolute Gasteiger partial charge is 0.341 e. The Balaban J connectivity index is 1.67. The third-order valence-corrected chi connectivity index (χ3v) is 4.76. The second-order valence-corrected chi connectivity index (χ2v) is 6.93. The van der Waals surface area contributed by atoms with Crippen LogP contribution in [-0.2, 0) is 11.3 Å². The predicted octanol–water partition coefficient (Wildman–Crippen LogP) is 3.12. The lowest BCUT2D eigenvalue weighted by atomic mass is 10.1. The number of nitrogens with one attached hydrogen (secondary N) is 1. The van der Waals surface area contributed by atoms with Gasteiger partial charge in [0.25, 0.3) is 5.91 Å². The molecule has 1 aliphatic rings. The molecule has 3 rings (SSSR count). The molecule has 0 aliphatic heterocycles. The van der Waals surface area contributed by atoms with Crippen molar-refractivity contribution in [2.75, 3.05) is 6.61 Å². The molecule has 1 aromatic heterocycles. The van der Waals surface area contributed by atoms with Gasteiger partial charge < -0.3 is 15.2 Å². The first-order valence-corrected chi connectivity index (χ1v) is 9.28. The van der Waals surface area contributed by atoms with Crippen LogP contribution in [0.25, 0.3) is 0 Å². The zero-order valence-corrected chi connectivity index (χ0v) is 15.6. The second-order valence-electron chi connectivity index (χ2n) is 6.93. The highest BCUT2D eigenvalue weighted by molar-refractivity contribution is 5.95. The van der Waals surface area contributed by atoms with Gasteiger partial charge in [-0.1, -0.05) is 19.1 Å². The van der Waals surface area contributed by atoms with E-state index in [0.29, 0.717) is 23.8 Å². The van der Waals surface area contributed by atoms with E-state index in [0.717, 1.165) is 30.5 Å². The minimum Gasteiger partial charge on any atom is -0.482 e. The summed E-state index contributed by atoms with van der Waals surface area (Å²) < 4.78 is 7.17. The molecule has 7 heteroatoms. The highest BCUT2D eigenvalue weighted by Gasteiger charge is 2.33. The van der Waals surface area contributed by atoms with Crippen molar-refractivity contribution in [1.82, 2.24) is 15.1 Å². The summed E-state index contributed by atoms with van der Waals surface area (Å²) in [7, 11) is 0. The van der Waals surface area contributed by atoms with Gasteiger partial charge in [-0.25, -0.2) is 4.79 Å². The number of amides is 1. The van der Waals surface area contributed by atoms with Crippen LogP contribution in [-0.4, -0.2) is 33.4 Å². The molecule has 0 bridgehead atoms. The van der Waals surface area contributed by atoms with Crippen LogP contribution in [0.3, 0.4) is 0 Å². The van der Waals surface area contributed by atoms with Gasteiger partial charge in [0.1, 0.15) is 5.75 Å². The maximum absolute atomic E-state index is 12.7. The third kappa shape index (κ3) is 4.67. The molecular weight excluding hydrogens is 346 g/mol. The minimum atomic E-state index is -1.03. The normalized spacial score (nSPS) is 14.6. The minimum absolute atomic E-state index is 0.136. The topological polar surface area (TPSA) is 93.5 Å². The van der Waals surface area contributed by atoms with Crippen molar-refractivity contribution in [3.63, 3.8) is 0 Å². The van der Waals surface area contributed by atoms with Gasteiger partial charge in [0.05, 0.1) is 17.5 Å². The van der Waals surface area contributed by atoms with E-state index >= 15 is 0 Å². The van der Waals surface area contributed by atoms with Gasteiger partial charge in [-0.15, -0.1) is 0 Å². The zero-order chi connectivity index (χ0) is 19.4. The number of carboxylic acid groups (broad SMARTS) is 1. The number of carbonyl (C=O) groups excluding carboxylic acids is 1. The van der Waals surface area contributed by atoms with Crippen LogP contribution in [0.4, 0.5) is 0 Å². The quantitative estimate of drug-likeness (QED) is 0.706. The molecule has 7 nitrogen and oxygen atoms in total. The molecule has 0 unspecified atom stereocenters. The summed E-state index contributed by atoms with van der Waals surface area (Å²) >= 11 is 0. The van der Waals surface area contributed by atoms with E-state index in [4.69, 9.17) is 9.84 Å². The van der Waals surface area contributed by atoms with Crippen molar-refractivity contribution in [1.29, 1.82) is 0 Å². The van der Waals surface area contributed by atoms with E-state index in [1.54, 1.807) is 24.4 Å². The van der Waals surface area contributed by atoms with Crippen LogP contribution < -0.4 is 10.1 Å². The Morgan fingerprint density at radius 1 is 1.41 bits per heavy atom. The van der Waals surface area contributed by atoms with Crippen molar-refractivity contribution in [3.05, 3.63) is 47.3 Å². The van der Waals surface area contributed by atoms with Crippen LogP contribution in [0.2, 0.25) is 0 Å². The summed E-state index contributed by atoms with van der Waals surface area (Å²) in [5.41, 5.74) is 2.53. The molecule has 1 fully saturated rings. The molecule has 1 aromatic carbocycles. The molecule has 0 saturated heterocycles. The summed E-state index contributed by atoms with van der Waals surface area (Å²) in [5.74, 6) is -0.273. The maximum atomic E-state index is 12.7. The van der Waals surface area contributed by atoms with Crippen LogP contribution in [0.5, 0.6) is 5.75 Å². The Kier molecular flexibility index (Phi) is 5.78. The first-order chi connectivity index (χ1) is 13.0. The lowest BCUT2D eigenvalue weighted by Gasteiger charge is -2.14. The van der Waals surface area contributed by atoms with Crippen molar-refractivity contribution in [3.8, 4) is 5.75 Å². The maximum Gasteiger partial charge on any atom is 0.341 e. The fourth-order valence-electron chi connectivity index (χ4n) is 3.00. The largest absolute Gasteiger partial charge is 0.482 e. The predicted molar refractivity (Wildman–Crippen MR) is 99.9 cm³/mol. The number of carbonyl (C=O) groups is 2. The molecule has 2 N–H and O–H groups in total. The van der Waals surface area contributed by atoms with Crippen LogP contribution >= 0.6 is 0 Å². The third-order valence-electron chi connectivity index (χ3n) is 4.76. The molecule has 144 valence electrons. The molecule has 1 aliphatic carbocycles. The first-order valence-electron chi connectivity index (χ1n) is 9.28. The Bertz CT molecular complexity index is 826. The average molecular weight is 371 g/mol. The van der Waals surface area contributed by atoms with E-state index in [9.17, 15) is 9.59 Å². The summed E-state index contributed by atoms with van der Waals surface area (Å²) in [4.78, 5) is 23.3. The van der Waals surface area contributed by atoms with Crippen LogP contribution in [0, 0.1) is 0 Å². The Hall–Kier alpha value is -2.83. The number of aromatic nitrogens is 2. The molecular formula is C20H25N3O4. The summed E-state index contributed by atoms with van der Waals surface area (Å²) in [6, 6.07) is 7.32. The molecule has 27 heavy (non-hydrogen) atoms. The average Bonchev–Trinajstić information content (AvgIpc) is 3.42. The highest BCUT2D eigenvalue weighted by atomic mass is 16.5. The molecule has 1 atom stereocenters. The van der Waals surface area contributed by atoms with E-state index in [2.05, 4.69) is 24.3 Å². The Morgan fingerprint density at radius 2 is 2.19 bits per heavy atom. The standard InChI is InChI=1S/C20H25N3O4/c1-3-13(2)23-19(15-7-8-15)17(11-22-23)20(26)21-10-14-5-4-6-16(9-14)27-12-18(24)25/h4-6,9,11,13,15H,3,7-8,10,12H2,1-2H3,(H,21,26)(H,24,25)/t13-/m0/s1. The summed E-state index contributed by atoms with van der Waals surface area (Å²) in [6.45, 7) is 4.17. The van der Waals surface area contributed by atoms with Crippen molar-refractivity contribution < 1.29 is 19.4 Å². The number of aliphatic carboxylic acids is 1. The molecule has 1 saturated carbocycles. The molecule has 1 amide bonds. The lowest BCUT2D eigenvalue weighted by Crippen LogP contribution is -2.24. The fourth-order valence-corrected chi connectivity index (χ4v) is 3.00. The van der Waals surface area contributed by atoms with Gasteiger partial charge >= 0.3 is 5.97 Å². The molecule has 0 radical (unpaired) electrons. The number of hydrogen-bond donors (Lipinski definition) is 2. The van der Waals surface area contributed by atoms with Gasteiger partial charge in [-0.05, 0) is 43.9 Å². The number of ether oxygens (including phenoxy) is 1. The van der Waals surface area contributed by atoms with Crippen molar-refractivity contribution in [2.24, 2.45) is 0 Å². The van der Waals surface area contributed by atoms with Gasteiger partial charge in [0, 0.05) is 18.5 Å². The first kappa shape index (κ1) is 18.9. The van der Waals surface area contributed by atoms with E-state index < -0.39 is 12.6 Å². The number of rotatable bonds is 9. The Labute approximate surface area is 158 Å². The van der Waals surface area contributed by atoms with E-state index in [-0.39, 0.29) is 11.9 Å². The molecule has 0 spiro atoms. The fraction of sp³-hybridized carbons (Fsp3) is 0.450. The van der Waals surface area contributed by atoms with Crippen LogP contribution in [0.1, 0.15) is 66.7 Å². The summed E-state index contributed by atoms with van der Waals surface area (Å²) in [6.07, 6.45) is 4.84. The van der Waals surface area contributed by atoms with E-state index in [1.807, 2.05) is 10.7 Å². The molecule has 2 aromatic rings. The zero-order valence-electron chi connectivity index (χ0n) is 15.6. The van der Waals surface area contributed by atoms with Gasteiger partial charge in [-0.3, -0.25) is 9.48 Å². The second kappa shape index (κ2) is 8.24. The van der Waals surface area contributed by atoms with Crippen LogP contribution in [0.15, 0.2) is 30.5 Å². The summed E-state index contributed by atoms with van der Waals surface area (Å²) in [5, 5.41) is 16.1. The number of hydrogen-bond acceptors (Lipinski definition) is 4. The van der Waals surface area contributed by atoms with Gasteiger partial charge in [-0.2, -0.15) is 5.10 Å². The van der Waals surface area contributed by atoms with Crippen molar-refractivity contribution >= 4 is 11.9 Å². The SMILES string of the molecule is CC[C@H](C)n1ncc(C(=O)NCc2cccc(OCC(=O)O)c2)c1C1CC1.